The fraction of sp³-hybridized carbons (Fsp3) is 0.111. The zero-order valence-electron chi connectivity index (χ0n) is 18.4. The molecule has 0 bridgehead atoms. The molecule has 3 atom stereocenters. The van der Waals surface area contributed by atoms with E-state index in [0.717, 1.165) is 10.8 Å². The molecule has 172 valence electrons. The van der Waals surface area contributed by atoms with Gasteiger partial charge in [0.15, 0.2) is 6.10 Å². The number of nitrogens with zero attached hydrogens (tertiary/aromatic N) is 3. The van der Waals surface area contributed by atoms with E-state index in [9.17, 15) is 19.7 Å². The van der Waals surface area contributed by atoms with Gasteiger partial charge in [0.05, 0.1) is 22.3 Å². The summed E-state index contributed by atoms with van der Waals surface area (Å²) in [6, 6.07) is 27.8. The minimum Gasteiger partial charge on any atom is -0.273 e. The van der Waals surface area contributed by atoms with Crippen molar-refractivity contribution in [3.8, 4) is 0 Å². The van der Waals surface area contributed by atoms with E-state index in [1.54, 1.807) is 23.3 Å². The highest BCUT2D eigenvalue weighted by Crippen LogP contribution is 2.47. The lowest BCUT2D eigenvalue weighted by Gasteiger charge is -2.28. The molecule has 4 aromatic carbocycles. The van der Waals surface area contributed by atoms with Gasteiger partial charge in [0.25, 0.3) is 11.6 Å². The van der Waals surface area contributed by atoms with Crippen LogP contribution in [-0.2, 0) is 14.4 Å². The van der Waals surface area contributed by atoms with Crippen LogP contribution in [-0.4, -0.2) is 22.8 Å². The molecule has 0 N–H and O–H groups in total. The van der Waals surface area contributed by atoms with Crippen molar-refractivity contribution in [3.05, 3.63) is 113 Å². The largest absolute Gasteiger partial charge is 0.273 e. The number of anilines is 2. The Balaban J connectivity index is 1.42. The molecule has 8 heteroatoms. The molecule has 0 spiro atoms. The second kappa shape index (κ2) is 8.03. The number of hydrogen-bond donors (Lipinski definition) is 0. The predicted octanol–water partition coefficient (Wildman–Crippen LogP) is 4.80. The number of non-ortho nitro benzene ring substituents is 1. The molecule has 35 heavy (non-hydrogen) atoms. The molecule has 0 unspecified atom stereocenters. The van der Waals surface area contributed by atoms with E-state index in [0.29, 0.717) is 16.9 Å². The highest BCUT2D eigenvalue weighted by molar-refractivity contribution is 6.24. The zero-order valence-corrected chi connectivity index (χ0v) is 18.4. The lowest BCUT2D eigenvalue weighted by molar-refractivity contribution is -0.384. The fourth-order valence-electron chi connectivity index (χ4n) is 4.92. The number of nitro groups is 1. The first-order valence-electron chi connectivity index (χ1n) is 11.1. The third kappa shape index (κ3) is 3.34. The van der Waals surface area contributed by atoms with Gasteiger partial charge in [-0.1, -0.05) is 60.7 Å². The number of carbonyl (C=O) groups is 2. The van der Waals surface area contributed by atoms with Gasteiger partial charge >= 0.3 is 0 Å². The van der Waals surface area contributed by atoms with Crippen LogP contribution in [0.15, 0.2) is 97.1 Å². The Hall–Kier alpha value is -4.56. The number of rotatable bonds is 4. The normalized spacial score (nSPS) is 21.5. The average molecular weight is 465 g/mol. The summed E-state index contributed by atoms with van der Waals surface area (Å²) in [5.74, 6) is -1.60. The van der Waals surface area contributed by atoms with Gasteiger partial charge in [-0.3, -0.25) is 24.5 Å². The minimum absolute atomic E-state index is 0.0536. The number of nitro benzene ring substituents is 1. The maximum atomic E-state index is 13.8. The molecule has 6 rings (SSSR count). The number of imide groups is 1. The summed E-state index contributed by atoms with van der Waals surface area (Å²) < 4.78 is 0. The molecule has 2 fully saturated rings. The van der Waals surface area contributed by atoms with E-state index in [1.807, 2.05) is 66.7 Å². The van der Waals surface area contributed by atoms with Crippen molar-refractivity contribution in [2.45, 2.75) is 12.1 Å². The number of hydrogen-bond acceptors (Lipinski definition) is 6. The Morgan fingerprint density at radius 1 is 0.743 bits per heavy atom. The summed E-state index contributed by atoms with van der Waals surface area (Å²) in [7, 11) is 0. The molecule has 8 nitrogen and oxygen atoms in total. The molecule has 0 aliphatic carbocycles. The summed E-state index contributed by atoms with van der Waals surface area (Å²) in [6.45, 7) is 0. The predicted molar refractivity (Wildman–Crippen MR) is 130 cm³/mol. The van der Waals surface area contributed by atoms with Crippen LogP contribution in [0.3, 0.4) is 0 Å². The van der Waals surface area contributed by atoms with Gasteiger partial charge in [0.2, 0.25) is 5.91 Å². The number of carbonyl (C=O) groups excluding carboxylic acids is 2. The van der Waals surface area contributed by atoms with Gasteiger partial charge in [0.1, 0.15) is 5.92 Å². The molecule has 0 radical (unpaired) electrons. The third-order valence-corrected chi connectivity index (χ3v) is 6.56. The number of fused-ring (bicyclic) bond motifs is 2. The van der Waals surface area contributed by atoms with Crippen molar-refractivity contribution in [1.82, 2.24) is 0 Å². The second-order valence-corrected chi connectivity index (χ2v) is 8.55. The Bertz CT molecular complexity index is 1470. The van der Waals surface area contributed by atoms with Crippen molar-refractivity contribution < 1.29 is 19.3 Å². The van der Waals surface area contributed by atoms with Gasteiger partial charge in [-0.25, -0.2) is 9.96 Å². The van der Waals surface area contributed by atoms with Crippen molar-refractivity contribution in [3.63, 3.8) is 0 Å². The van der Waals surface area contributed by atoms with E-state index in [1.165, 1.54) is 17.0 Å². The lowest BCUT2D eigenvalue weighted by atomic mass is 9.90. The topological polar surface area (TPSA) is 93.0 Å². The second-order valence-electron chi connectivity index (χ2n) is 8.55. The van der Waals surface area contributed by atoms with Crippen LogP contribution in [0.2, 0.25) is 0 Å². The number of amides is 2. The van der Waals surface area contributed by atoms with Crippen LogP contribution in [0.25, 0.3) is 10.8 Å². The summed E-state index contributed by atoms with van der Waals surface area (Å²) in [5.41, 5.74) is 1.77. The molecular weight excluding hydrogens is 446 g/mol. The van der Waals surface area contributed by atoms with Gasteiger partial charge in [0, 0.05) is 12.1 Å². The van der Waals surface area contributed by atoms with E-state index < -0.39 is 28.9 Å². The standard InChI is InChI=1S/C27H19N3O5/c31-26-23-24(18-11-13-21(14-12-18)30(33)34)29(20-8-2-1-3-9-20)35-25(23)27(32)28(26)22-15-10-17-6-4-5-7-19(17)16-22/h1-16,23-25H/t23-,24+,25-/m0/s1. The summed E-state index contributed by atoms with van der Waals surface area (Å²) in [5, 5.41) is 14.7. The van der Waals surface area contributed by atoms with Crippen LogP contribution in [0, 0.1) is 16.0 Å². The van der Waals surface area contributed by atoms with Gasteiger partial charge < -0.3 is 0 Å². The quantitative estimate of drug-likeness (QED) is 0.244. The van der Waals surface area contributed by atoms with E-state index in [4.69, 9.17) is 4.84 Å². The zero-order chi connectivity index (χ0) is 24.1. The van der Waals surface area contributed by atoms with Crippen molar-refractivity contribution >= 4 is 39.6 Å². The average Bonchev–Trinajstić information content (AvgIpc) is 3.40. The molecule has 2 heterocycles. The highest BCUT2D eigenvalue weighted by Gasteiger charge is 2.60. The molecule has 2 saturated heterocycles. The Morgan fingerprint density at radius 3 is 2.14 bits per heavy atom. The van der Waals surface area contributed by atoms with E-state index in [-0.39, 0.29) is 11.6 Å². The highest BCUT2D eigenvalue weighted by atomic mass is 16.7. The molecule has 0 aromatic heterocycles. The van der Waals surface area contributed by atoms with Crippen LogP contribution >= 0.6 is 0 Å². The lowest BCUT2D eigenvalue weighted by Crippen LogP contribution is -2.37. The summed E-state index contributed by atoms with van der Waals surface area (Å²) >= 11 is 0. The molecule has 2 aliphatic heterocycles. The minimum atomic E-state index is -1.01. The Morgan fingerprint density at radius 2 is 1.43 bits per heavy atom. The van der Waals surface area contributed by atoms with Gasteiger partial charge in [-0.15, -0.1) is 0 Å². The number of benzene rings is 4. The summed E-state index contributed by atoms with van der Waals surface area (Å²) in [4.78, 5) is 45.3. The Kier molecular flexibility index (Phi) is 4.82. The fourth-order valence-corrected chi connectivity index (χ4v) is 4.92. The van der Waals surface area contributed by atoms with Crippen LogP contribution in [0.4, 0.5) is 17.1 Å². The maximum Gasteiger partial charge on any atom is 0.269 e. The third-order valence-electron chi connectivity index (χ3n) is 6.56. The van der Waals surface area contributed by atoms with Crippen molar-refractivity contribution in [2.75, 3.05) is 9.96 Å². The van der Waals surface area contributed by atoms with Crippen molar-refractivity contribution in [2.24, 2.45) is 5.92 Å². The molecule has 0 saturated carbocycles. The SMILES string of the molecule is O=C1[C@@H]2[C@H](ON(c3ccccc3)[C@@H]2c2ccc([N+](=O)[O-])cc2)C(=O)N1c1ccc2ccccc2c1. The first kappa shape index (κ1) is 21.0. The van der Waals surface area contributed by atoms with Crippen LogP contribution in [0.1, 0.15) is 11.6 Å². The van der Waals surface area contributed by atoms with Crippen molar-refractivity contribution in [1.29, 1.82) is 0 Å². The van der Waals surface area contributed by atoms with E-state index in [2.05, 4.69) is 0 Å². The summed E-state index contributed by atoms with van der Waals surface area (Å²) in [6.07, 6.45) is -1.01. The van der Waals surface area contributed by atoms with E-state index >= 15 is 0 Å². The molecular formula is C27H19N3O5. The number of hydroxylamine groups is 1. The molecule has 2 amide bonds. The van der Waals surface area contributed by atoms with Crippen LogP contribution < -0.4 is 9.96 Å². The van der Waals surface area contributed by atoms with Crippen LogP contribution in [0.5, 0.6) is 0 Å². The van der Waals surface area contributed by atoms with Gasteiger partial charge in [-0.2, -0.15) is 0 Å². The smallest absolute Gasteiger partial charge is 0.269 e. The van der Waals surface area contributed by atoms with Gasteiger partial charge in [-0.05, 0) is 40.6 Å². The molecule has 2 aliphatic rings. The first-order valence-corrected chi connectivity index (χ1v) is 11.1. The Labute approximate surface area is 200 Å². The number of para-hydroxylation sites is 1. The maximum absolute atomic E-state index is 13.8. The monoisotopic (exact) mass is 465 g/mol. The first-order chi connectivity index (χ1) is 17.0. The molecule has 4 aromatic rings.